The number of unbranched alkanes of at least 4 members (excludes halogenated alkanes) is 1. The third-order valence-corrected chi connectivity index (χ3v) is 3.60. The number of aliphatic carboxylic acids is 1. The average Bonchev–Trinajstić information content (AvgIpc) is 2.55. The number of carbonyl (C=O) groups excluding carboxylic acids is 1. The third kappa shape index (κ3) is 12.9. The summed E-state index contributed by atoms with van der Waals surface area (Å²) in [7, 11) is 0. The summed E-state index contributed by atoms with van der Waals surface area (Å²) in [4.78, 5) is 51.2. The van der Waals surface area contributed by atoms with Crippen LogP contribution >= 0.6 is 11.8 Å². The lowest BCUT2D eigenvalue weighted by Crippen LogP contribution is -2.41. The van der Waals surface area contributed by atoms with Crippen molar-refractivity contribution in [3.05, 3.63) is 20.2 Å². The van der Waals surface area contributed by atoms with Crippen molar-refractivity contribution in [1.82, 2.24) is 5.32 Å². The van der Waals surface area contributed by atoms with Gasteiger partial charge in [0.25, 0.3) is 10.2 Å². The summed E-state index contributed by atoms with van der Waals surface area (Å²) in [5.74, 6) is -0.608. The topological polar surface area (TPSA) is 180 Å². The van der Waals surface area contributed by atoms with E-state index in [1.54, 1.807) is 0 Å². The third-order valence-electron chi connectivity index (χ3n) is 2.96. The number of rotatable bonds is 15. The predicted octanol–water partition coefficient (Wildman–Crippen LogP) is 0.874. The van der Waals surface area contributed by atoms with E-state index < -0.39 is 41.0 Å². The molecule has 14 heteroatoms. The second-order valence-electron chi connectivity index (χ2n) is 4.92. The quantitative estimate of drug-likeness (QED) is 0.226. The number of carbonyl (C=O) groups is 2. The summed E-state index contributed by atoms with van der Waals surface area (Å²) in [6, 6.07) is -1.05. The molecule has 26 heavy (non-hydrogen) atoms. The van der Waals surface area contributed by atoms with Gasteiger partial charge in [-0.3, -0.25) is 0 Å². The standard InChI is InChI=1S/C12H21N3O10S/c1-26-7-5-10(11(16)17)13-12(18)23-6-3-2-4-9(25-15(21)22)8-24-14(19)20/h9-10H,2-8H2,1H3,(H,13,18)(H,16,17). The van der Waals surface area contributed by atoms with Crippen molar-refractivity contribution in [3.8, 4) is 0 Å². The van der Waals surface area contributed by atoms with Crippen LogP contribution in [0.1, 0.15) is 25.7 Å². The van der Waals surface area contributed by atoms with E-state index >= 15 is 0 Å². The maximum absolute atomic E-state index is 11.5. The van der Waals surface area contributed by atoms with Crippen LogP contribution in [0, 0.1) is 20.2 Å². The molecule has 0 spiro atoms. The van der Waals surface area contributed by atoms with Crippen LogP contribution in [-0.4, -0.2) is 64.7 Å². The highest BCUT2D eigenvalue weighted by molar-refractivity contribution is 7.98. The first-order valence-electron chi connectivity index (χ1n) is 7.49. The molecule has 0 radical (unpaired) electrons. The second kappa shape index (κ2) is 13.7. The van der Waals surface area contributed by atoms with Crippen LogP contribution in [0.2, 0.25) is 0 Å². The highest BCUT2D eigenvalue weighted by atomic mass is 32.2. The van der Waals surface area contributed by atoms with Crippen molar-refractivity contribution >= 4 is 23.8 Å². The Labute approximate surface area is 152 Å². The number of carboxylic acids is 1. The Morgan fingerprint density at radius 2 is 1.88 bits per heavy atom. The lowest BCUT2D eigenvalue weighted by Gasteiger charge is -2.15. The van der Waals surface area contributed by atoms with Gasteiger partial charge in [0.2, 0.25) is 0 Å². The van der Waals surface area contributed by atoms with Gasteiger partial charge in [-0.1, -0.05) is 0 Å². The molecule has 1 amide bonds. The summed E-state index contributed by atoms with van der Waals surface area (Å²) in [6.07, 6.45) is 0.741. The molecule has 150 valence electrons. The van der Waals surface area contributed by atoms with Gasteiger partial charge >= 0.3 is 12.1 Å². The molecule has 0 aliphatic rings. The van der Waals surface area contributed by atoms with Crippen LogP contribution < -0.4 is 5.32 Å². The summed E-state index contributed by atoms with van der Waals surface area (Å²) < 4.78 is 4.83. The monoisotopic (exact) mass is 399 g/mol. The van der Waals surface area contributed by atoms with Crippen molar-refractivity contribution in [2.45, 2.75) is 37.8 Å². The van der Waals surface area contributed by atoms with Crippen molar-refractivity contribution in [2.75, 3.05) is 25.2 Å². The van der Waals surface area contributed by atoms with Gasteiger partial charge in [0.05, 0.1) is 6.61 Å². The molecule has 2 N–H and O–H groups in total. The minimum absolute atomic E-state index is 0.0536. The molecule has 0 rings (SSSR count). The summed E-state index contributed by atoms with van der Waals surface area (Å²) in [5, 5.41) is 29.4. The molecule has 0 saturated heterocycles. The van der Waals surface area contributed by atoms with Gasteiger partial charge < -0.3 is 24.8 Å². The lowest BCUT2D eigenvalue weighted by molar-refractivity contribution is -0.790. The molecule has 0 saturated carbocycles. The number of nitrogens with one attached hydrogen (secondary N) is 1. The first kappa shape index (κ1) is 23.5. The second-order valence-corrected chi connectivity index (χ2v) is 5.90. The molecule has 0 aliphatic heterocycles. The number of carboxylic acid groups (broad SMARTS) is 1. The van der Waals surface area contributed by atoms with Gasteiger partial charge in [0.15, 0.2) is 0 Å². The van der Waals surface area contributed by atoms with Crippen molar-refractivity contribution in [2.24, 2.45) is 0 Å². The normalized spacial score (nSPS) is 12.5. The zero-order chi connectivity index (χ0) is 19.9. The molecular formula is C12H21N3O10S. The minimum Gasteiger partial charge on any atom is -0.480 e. The van der Waals surface area contributed by atoms with E-state index in [4.69, 9.17) is 9.84 Å². The molecule has 0 aromatic rings. The smallest absolute Gasteiger partial charge is 0.407 e. The predicted molar refractivity (Wildman–Crippen MR) is 87.6 cm³/mol. The van der Waals surface area contributed by atoms with E-state index in [2.05, 4.69) is 15.0 Å². The Bertz CT molecular complexity index is 478. The maximum atomic E-state index is 11.5. The Morgan fingerprint density at radius 3 is 2.42 bits per heavy atom. The van der Waals surface area contributed by atoms with Gasteiger partial charge in [0.1, 0.15) is 18.8 Å². The molecule has 0 aromatic carbocycles. The van der Waals surface area contributed by atoms with E-state index in [9.17, 15) is 29.8 Å². The molecule has 0 aromatic heterocycles. The SMILES string of the molecule is CSCCC(NC(=O)OCCCCC(CO[N+](=O)[O-])O[N+](=O)[O-])C(=O)O. The highest BCUT2D eigenvalue weighted by Crippen LogP contribution is 2.07. The van der Waals surface area contributed by atoms with Crippen molar-refractivity contribution < 1.29 is 39.3 Å². The van der Waals surface area contributed by atoms with E-state index in [-0.39, 0.29) is 19.4 Å². The molecular weight excluding hydrogens is 378 g/mol. The summed E-state index contributed by atoms with van der Waals surface area (Å²) in [5.41, 5.74) is 0. The molecule has 0 heterocycles. The van der Waals surface area contributed by atoms with Gasteiger partial charge in [-0.05, 0) is 37.7 Å². The van der Waals surface area contributed by atoms with Crippen LogP contribution in [-0.2, 0) is 19.2 Å². The van der Waals surface area contributed by atoms with E-state index in [1.165, 1.54) is 11.8 Å². The lowest BCUT2D eigenvalue weighted by atomic mass is 10.2. The highest BCUT2D eigenvalue weighted by Gasteiger charge is 2.20. The van der Waals surface area contributed by atoms with Crippen LogP contribution in [0.25, 0.3) is 0 Å². The largest absolute Gasteiger partial charge is 0.480 e. The first-order chi connectivity index (χ1) is 12.3. The first-order valence-corrected chi connectivity index (χ1v) is 8.89. The number of nitrogens with zero attached hydrogens (tertiary/aromatic N) is 2. The molecule has 0 aliphatic carbocycles. The number of amides is 1. The number of hydrogen-bond donors (Lipinski definition) is 2. The van der Waals surface area contributed by atoms with Crippen LogP contribution in [0.5, 0.6) is 0 Å². The van der Waals surface area contributed by atoms with Gasteiger partial charge in [-0.15, -0.1) is 20.2 Å². The van der Waals surface area contributed by atoms with Gasteiger partial charge in [-0.25, -0.2) is 9.59 Å². The van der Waals surface area contributed by atoms with Gasteiger partial charge in [-0.2, -0.15) is 11.8 Å². The van der Waals surface area contributed by atoms with Crippen LogP contribution in [0.4, 0.5) is 4.79 Å². The average molecular weight is 399 g/mol. The van der Waals surface area contributed by atoms with Crippen molar-refractivity contribution in [3.63, 3.8) is 0 Å². The molecule has 2 atom stereocenters. The van der Waals surface area contributed by atoms with Crippen LogP contribution in [0.3, 0.4) is 0 Å². The molecule has 13 nitrogen and oxygen atoms in total. The number of hydrogen-bond acceptors (Lipinski definition) is 10. The zero-order valence-electron chi connectivity index (χ0n) is 14.0. The summed E-state index contributed by atoms with van der Waals surface area (Å²) >= 11 is 1.44. The van der Waals surface area contributed by atoms with Gasteiger partial charge in [0, 0.05) is 0 Å². The fraction of sp³-hybridized carbons (Fsp3) is 0.833. The molecule has 0 fully saturated rings. The summed E-state index contributed by atoms with van der Waals surface area (Å²) in [6.45, 7) is -0.646. The minimum atomic E-state index is -1.17. The van der Waals surface area contributed by atoms with E-state index in [0.717, 1.165) is 0 Å². The van der Waals surface area contributed by atoms with E-state index in [1.807, 2.05) is 6.26 Å². The Kier molecular flexibility index (Phi) is 12.4. The van der Waals surface area contributed by atoms with Crippen molar-refractivity contribution in [1.29, 1.82) is 0 Å². The molecule has 2 unspecified atom stereocenters. The molecule has 0 bridgehead atoms. The van der Waals surface area contributed by atoms with Crippen LogP contribution in [0.15, 0.2) is 0 Å². The van der Waals surface area contributed by atoms with E-state index in [0.29, 0.717) is 18.6 Å². The zero-order valence-corrected chi connectivity index (χ0v) is 14.8. The fourth-order valence-electron chi connectivity index (χ4n) is 1.75. The fourth-order valence-corrected chi connectivity index (χ4v) is 2.22. The number of ether oxygens (including phenoxy) is 1. The number of alkyl carbamates (subject to hydrolysis) is 1. The maximum Gasteiger partial charge on any atom is 0.407 e. The Balaban J connectivity index is 4.06. The Morgan fingerprint density at radius 1 is 1.19 bits per heavy atom. The number of thioether (sulfide) groups is 1. The Hall–Kier alpha value is -2.51.